The second-order valence-corrected chi connectivity index (χ2v) is 7.63. The smallest absolute Gasteiger partial charge is 0.306 e. The first-order valence-corrected chi connectivity index (χ1v) is 10.6. The topological polar surface area (TPSA) is 75.9 Å². The number of anilines is 1. The number of esters is 1. The van der Waals surface area contributed by atoms with Crippen LogP contribution in [0.25, 0.3) is 11.3 Å². The summed E-state index contributed by atoms with van der Waals surface area (Å²) in [5.74, 6) is -0.564. The number of carbonyl (C=O) groups excluding carboxylic acids is 2. The first-order valence-electron chi connectivity index (χ1n) is 10.6. The van der Waals surface area contributed by atoms with E-state index in [1.54, 1.807) is 29.2 Å². The lowest BCUT2D eigenvalue weighted by Crippen LogP contribution is -2.49. The van der Waals surface area contributed by atoms with Crippen LogP contribution in [-0.2, 0) is 20.7 Å². The summed E-state index contributed by atoms with van der Waals surface area (Å²) in [4.78, 5) is 32.3. The van der Waals surface area contributed by atoms with Crippen LogP contribution in [0.15, 0.2) is 59.1 Å². The van der Waals surface area contributed by atoms with E-state index in [-0.39, 0.29) is 37.0 Å². The van der Waals surface area contributed by atoms with Gasteiger partial charge < -0.3 is 19.0 Å². The number of aromatic nitrogens is 1. The number of ether oxygens (including phenoxy) is 1. The van der Waals surface area contributed by atoms with E-state index < -0.39 is 5.97 Å². The SMILES string of the molecule is O=C(CCc1ncc(-c2ccc(F)cc2)o1)OCC(=O)N1CCN(c2ccc(F)cc2)CC1. The molecule has 0 atom stereocenters. The van der Waals surface area contributed by atoms with Gasteiger partial charge in [0.25, 0.3) is 5.91 Å². The summed E-state index contributed by atoms with van der Waals surface area (Å²) < 4.78 is 36.8. The minimum atomic E-state index is -0.519. The molecule has 1 amide bonds. The van der Waals surface area contributed by atoms with Crippen molar-refractivity contribution in [2.75, 3.05) is 37.7 Å². The number of carbonyl (C=O) groups is 2. The van der Waals surface area contributed by atoms with Crippen LogP contribution in [0, 0.1) is 11.6 Å². The monoisotopic (exact) mass is 455 g/mol. The van der Waals surface area contributed by atoms with E-state index in [4.69, 9.17) is 9.15 Å². The van der Waals surface area contributed by atoms with Gasteiger partial charge in [-0.1, -0.05) is 0 Å². The van der Waals surface area contributed by atoms with Crippen LogP contribution in [0.4, 0.5) is 14.5 Å². The first-order chi connectivity index (χ1) is 16.0. The quantitative estimate of drug-likeness (QED) is 0.508. The van der Waals surface area contributed by atoms with Crippen LogP contribution in [-0.4, -0.2) is 54.5 Å². The largest absolute Gasteiger partial charge is 0.456 e. The third-order valence-electron chi connectivity index (χ3n) is 5.41. The number of hydrogen-bond donors (Lipinski definition) is 0. The molecule has 0 radical (unpaired) electrons. The lowest BCUT2D eigenvalue weighted by Gasteiger charge is -2.36. The number of aryl methyl sites for hydroxylation is 1. The molecular weight excluding hydrogens is 432 g/mol. The zero-order chi connectivity index (χ0) is 23.2. The highest BCUT2D eigenvalue weighted by Crippen LogP contribution is 2.21. The molecule has 0 N–H and O–H groups in total. The summed E-state index contributed by atoms with van der Waals surface area (Å²) in [6, 6.07) is 12.1. The van der Waals surface area contributed by atoms with Crippen LogP contribution in [0.3, 0.4) is 0 Å². The fraction of sp³-hybridized carbons (Fsp3) is 0.292. The number of benzene rings is 2. The van der Waals surface area contributed by atoms with Crippen molar-refractivity contribution in [1.82, 2.24) is 9.88 Å². The van der Waals surface area contributed by atoms with Gasteiger partial charge in [-0.15, -0.1) is 0 Å². The first kappa shape index (κ1) is 22.4. The van der Waals surface area contributed by atoms with Crippen molar-refractivity contribution >= 4 is 17.6 Å². The highest BCUT2D eigenvalue weighted by Gasteiger charge is 2.22. The van der Waals surface area contributed by atoms with Gasteiger partial charge in [0.05, 0.1) is 12.6 Å². The molecule has 9 heteroatoms. The second-order valence-electron chi connectivity index (χ2n) is 7.63. The van der Waals surface area contributed by atoms with E-state index >= 15 is 0 Å². The Balaban J connectivity index is 1.18. The average molecular weight is 455 g/mol. The number of halogens is 2. The molecule has 0 spiro atoms. The van der Waals surface area contributed by atoms with Crippen LogP contribution in [0.5, 0.6) is 0 Å². The Kier molecular flexibility index (Phi) is 6.97. The molecule has 0 bridgehead atoms. The molecule has 1 aliphatic rings. The Bertz CT molecular complexity index is 1090. The molecule has 172 valence electrons. The fourth-order valence-electron chi connectivity index (χ4n) is 3.55. The third kappa shape index (κ3) is 5.94. The van der Waals surface area contributed by atoms with E-state index in [1.807, 2.05) is 0 Å². The molecule has 2 aromatic carbocycles. The Morgan fingerprint density at radius 2 is 1.58 bits per heavy atom. The molecule has 0 unspecified atom stereocenters. The third-order valence-corrected chi connectivity index (χ3v) is 5.41. The Hall–Kier alpha value is -3.75. The average Bonchev–Trinajstić information content (AvgIpc) is 3.31. The number of nitrogens with zero attached hydrogens (tertiary/aromatic N) is 3. The highest BCUT2D eigenvalue weighted by atomic mass is 19.1. The van der Waals surface area contributed by atoms with Gasteiger partial charge in [-0.2, -0.15) is 0 Å². The van der Waals surface area contributed by atoms with Gasteiger partial charge in [-0.25, -0.2) is 13.8 Å². The fourth-order valence-corrected chi connectivity index (χ4v) is 3.55. The highest BCUT2D eigenvalue weighted by molar-refractivity contribution is 5.81. The Morgan fingerprint density at radius 3 is 2.24 bits per heavy atom. The van der Waals surface area contributed by atoms with Gasteiger partial charge in [-0.05, 0) is 48.5 Å². The zero-order valence-electron chi connectivity index (χ0n) is 17.9. The van der Waals surface area contributed by atoms with Crippen molar-refractivity contribution in [3.05, 3.63) is 72.3 Å². The number of hydrogen-bond acceptors (Lipinski definition) is 6. The molecule has 1 fully saturated rings. The van der Waals surface area contributed by atoms with Crippen molar-refractivity contribution in [1.29, 1.82) is 0 Å². The summed E-state index contributed by atoms with van der Waals surface area (Å²) in [6.07, 6.45) is 1.77. The number of rotatable bonds is 7. The molecule has 2 heterocycles. The van der Waals surface area contributed by atoms with Crippen molar-refractivity contribution in [2.45, 2.75) is 12.8 Å². The maximum atomic E-state index is 13.1. The predicted molar refractivity (Wildman–Crippen MR) is 116 cm³/mol. The molecule has 1 aromatic heterocycles. The van der Waals surface area contributed by atoms with Crippen molar-refractivity contribution in [3.8, 4) is 11.3 Å². The lowest BCUT2D eigenvalue weighted by atomic mass is 10.2. The van der Waals surface area contributed by atoms with Gasteiger partial charge in [0.15, 0.2) is 18.3 Å². The molecule has 33 heavy (non-hydrogen) atoms. The van der Waals surface area contributed by atoms with E-state index in [1.165, 1.54) is 30.5 Å². The Labute approximate surface area is 189 Å². The number of piperazine rings is 1. The predicted octanol–water partition coefficient (Wildman–Crippen LogP) is 3.44. The second kappa shape index (κ2) is 10.2. The minimum absolute atomic E-state index is 0.0228. The number of oxazole rings is 1. The van der Waals surface area contributed by atoms with Gasteiger partial charge in [-0.3, -0.25) is 9.59 Å². The zero-order valence-corrected chi connectivity index (χ0v) is 17.9. The van der Waals surface area contributed by atoms with E-state index in [2.05, 4.69) is 9.88 Å². The summed E-state index contributed by atoms with van der Waals surface area (Å²) in [5, 5.41) is 0. The molecule has 0 saturated carbocycles. The molecule has 7 nitrogen and oxygen atoms in total. The van der Waals surface area contributed by atoms with E-state index in [0.29, 0.717) is 43.4 Å². The summed E-state index contributed by atoms with van der Waals surface area (Å²) in [6.45, 7) is 1.91. The van der Waals surface area contributed by atoms with Gasteiger partial charge in [0.2, 0.25) is 0 Å². The maximum absolute atomic E-state index is 13.1. The summed E-state index contributed by atoms with van der Waals surface area (Å²) in [5.41, 5.74) is 1.59. The van der Waals surface area contributed by atoms with Crippen LogP contribution in [0.2, 0.25) is 0 Å². The summed E-state index contributed by atoms with van der Waals surface area (Å²) >= 11 is 0. The van der Waals surface area contributed by atoms with Crippen molar-refractivity contribution in [2.24, 2.45) is 0 Å². The van der Waals surface area contributed by atoms with Gasteiger partial charge >= 0.3 is 5.97 Å². The number of amides is 1. The molecule has 0 aliphatic carbocycles. The van der Waals surface area contributed by atoms with Crippen molar-refractivity contribution < 1.29 is 27.5 Å². The standard InChI is InChI=1S/C24H23F2N3O4/c25-18-3-1-17(2-4-18)21-15-27-22(33-21)9-10-24(31)32-16-23(30)29-13-11-28(12-14-29)20-7-5-19(26)6-8-20/h1-8,15H,9-14,16H2. The summed E-state index contributed by atoms with van der Waals surface area (Å²) in [7, 11) is 0. The molecule has 1 saturated heterocycles. The molecular formula is C24H23F2N3O4. The minimum Gasteiger partial charge on any atom is -0.456 e. The van der Waals surface area contributed by atoms with E-state index in [0.717, 1.165) is 5.69 Å². The van der Waals surface area contributed by atoms with Crippen LogP contribution >= 0.6 is 0 Å². The lowest BCUT2D eigenvalue weighted by molar-refractivity contribution is -0.152. The normalized spacial score (nSPS) is 13.8. The van der Waals surface area contributed by atoms with Gasteiger partial charge in [0, 0.05) is 43.9 Å². The molecule has 1 aliphatic heterocycles. The molecule has 3 aromatic rings. The maximum Gasteiger partial charge on any atom is 0.306 e. The van der Waals surface area contributed by atoms with Crippen LogP contribution in [0.1, 0.15) is 12.3 Å². The van der Waals surface area contributed by atoms with Crippen molar-refractivity contribution in [3.63, 3.8) is 0 Å². The van der Waals surface area contributed by atoms with E-state index in [9.17, 15) is 18.4 Å². The van der Waals surface area contributed by atoms with Crippen LogP contribution < -0.4 is 4.90 Å². The molecule has 4 rings (SSSR count). The Morgan fingerprint density at radius 1 is 0.939 bits per heavy atom. The van der Waals surface area contributed by atoms with Gasteiger partial charge in [0.1, 0.15) is 11.6 Å².